The number of hydrogen-bond acceptors (Lipinski definition) is 2. The topological polar surface area (TPSA) is 12.5 Å². The van der Waals surface area contributed by atoms with Gasteiger partial charge in [-0.05, 0) is 71.1 Å². The second kappa shape index (κ2) is 6.10. The van der Waals surface area contributed by atoms with Gasteiger partial charge in [0.05, 0.1) is 5.60 Å². The molecule has 2 fully saturated rings. The van der Waals surface area contributed by atoms with Gasteiger partial charge < -0.3 is 9.64 Å². The van der Waals surface area contributed by atoms with Gasteiger partial charge in [0.2, 0.25) is 0 Å². The SMILES string of the molecule is CC1(C)CC(CCN2CCCC2)(c2ccccc2)CCO1. The third kappa shape index (κ3) is 3.49. The maximum atomic E-state index is 6.00. The van der Waals surface area contributed by atoms with Crippen LogP contribution in [0.25, 0.3) is 0 Å². The molecule has 2 nitrogen and oxygen atoms in total. The van der Waals surface area contributed by atoms with Crippen LogP contribution < -0.4 is 0 Å². The summed E-state index contributed by atoms with van der Waals surface area (Å²) in [5.41, 5.74) is 1.81. The third-order valence-electron chi connectivity index (χ3n) is 5.33. The summed E-state index contributed by atoms with van der Waals surface area (Å²) < 4.78 is 6.00. The van der Waals surface area contributed by atoms with Crippen molar-refractivity contribution in [3.05, 3.63) is 35.9 Å². The molecule has 3 rings (SSSR count). The van der Waals surface area contributed by atoms with Crippen LogP contribution in [0.3, 0.4) is 0 Å². The standard InChI is InChI=1S/C19H29NO/c1-18(2)16-19(11-15-21-18,17-8-4-3-5-9-17)10-14-20-12-6-7-13-20/h3-5,8-9H,6-7,10-16H2,1-2H3. The van der Waals surface area contributed by atoms with Gasteiger partial charge in [-0.25, -0.2) is 0 Å². The second-order valence-corrected chi connectivity index (χ2v) is 7.48. The van der Waals surface area contributed by atoms with Gasteiger partial charge in [0, 0.05) is 12.0 Å². The fourth-order valence-corrected chi connectivity index (χ4v) is 4.25. The zero-order valence-corrected chi connectivity index (χ0v) is 13.6. The molecule has 0 aromatic heterocycles. The summed E-state index contributed by atoms with van der Waals surface area (Å²) in [6.07, 6.45) is 6.33. The van der Waals surface area contributed by atoms with E-state index in [4.69, 9.17) is 4.74 Å². The lowest BCUT2D eigenvalue weighted by Crippen LogP contribution is -2.45. The van der Waals surface area contributed by atoms with Crippen LogP contribution in [0.1, 0.15) is 51.5 Å². The van der Waals surface area contributed by atoms with Gasteiger partial charge >= 0.3 is 0 Å². The molecular formula is C19H29NO. The highest BCUT2D eigenvalue weighted by Crippen LogP contribution is 2.44. The number of likely N-dealkylation sites (tertiary alicyclic amines) is 1. The highest BCUT2D eigenvalue weighted by molar-refractivity contribution is 5.27. The average Bonchev–Trinajstić information content (AvgIpc) is 2.98. The third-order valence-corrected chi connectivity index (χ3v) is 5.33. The summed E-state index contributed by atoms with van der Waals surface area (Å²) in [5.74, 6) is 0. The molecule has 0 N–H and O–H groups in total. The molecule has 2 aliphatic rings. The summed E-state index contributed by atoms with van der Waals surface area (Å²) >= 11 is 0. The first-order valence-corrected chi connectivity index (χ1v) is 8.52. The van der Waals surface area contributed by atoms with Crippen LogP contribution in [0, 0.1) is 0 Å². The van der Waals surface area contributed by atoms with Crippen molar-refractivity contribution in [2.24, 2.45) is 0 Å². The smallest absolute Gasteiger partial charge is 0.0635 e. The van der Waals surface area contributed by atoms with E-state index in [0.29, 0.717) is 5.41 Å². The molecule has 2 heterocycles. The zero-order valence-electron chi connectivity index (χ0n) is 13.6. The first-order chi connectivity index (χ1) is 10.1. The van der Waals surface area contributed by atoms with Gasteiger partial charge in [-0.3, -0.25) is 0 Å². The lowest BCUT2D eigenvalue weighted by Gasteiger charge is -2.46. The average molecular weight is 287 g/mol. The van der Waals surface area contributed by atoms with E-state index in [1.165, 1.54) is 44.5 Å². The molecule has 2 saturated heterocycles. The summed E-state index contributed by atoms with van der Waals surface area (Å²) in [6, 6.07) is 11.2. The van der Waals surface area contributed by atoms with Crippen molar-refractivity contribution >= 4 is 0 Å². The number of hydrogen-bond donors (Lipinski definition) is 0. The van der Waals surface area contributed by atoms with Crippen LogP contribution in [-0.2, 0) is 10.2 Å². The molecule has 0 spiro atoms. The Hall–Kier alpha value is -0.860. The quantitative estimate of drug-likeness (QED) is 0.830. The van der Waals surface area contributed by atoms with Crippen molar-refractivity contribution < 1.29 is 4.74 Å². The summed E-state index contributed by atoms with van der Waals surface area (Å²) in [5, 5.41) is 0. The molecule has 0 amide bonds. The van der Waals surface area contributed by atoms with Crippen molar-refractivity contribution in [2.45, 2.75) is 57.0 Å². The van der Waals surface area contributed by atoms with Crippen LogP contribution in [0.15, 0.2) is 30.3 Å². The van der Waals surface area contributed by atoms with E-state index in [1.54, 1.807) is 0 Å². The lowest BCUT2D eigenvalue weighted by atomic mass is 9.67. The minimum Gasteiger partial charge on any atom is -0.376 e. The van der Waals surface area contributed by atoms with Gasteiger partial charge in [-0.2, -0.15) is 0 Å². The van der Waals surface area contributed by atoms with Crippen LogP contribution in [0.5, 0.6) is 0 Å². The van der Waals surface area contributed by atoms with E-state index >= 15 is 0 Å². The summed E-state index contributed by atoms with van der Waals surface area (Å²) in [6.45, 7) is 9.22. The Kier molecular flexibility index (Phi) is 4.37. The number of rotatable bonds is 4. The molecule has 0 saturated carbocycles. The van der Waals surface area contributed by atoms with Crippen LogP contribution in [0.4, 0.5) is 0 Å². The first kappa shape index (κ1) is 15.1. The molecule has 21 heavy (non-hydrogen) atoms. The maximum Gasteiger partial charge on any atom is 0.0635 e. The van der Waals surface area contributed by atoms with E-state index in [1.807, 2.05) is 0 Å². The molecule has 0 radical (unpaired) electrons. The van der Waals surface area contributed by atoms with Gasteiger partial charge in [0.1, 0.15) is 0 Å². The van der Waals surface area contributed by atoms with E-state index < -0.39 is 0 Å². The molecule has 2 heteroatoms. The van der Waals surface area contributed by atoms with Crippen LogP contribution in [-0.4, -0.2) is 36.7 Å². The van der Waals surface area contributed by atoms with Crippen molar-refractivity contribution in [1.82, 2.24) is 4.90 Å². The fraction of sp³-hybridized carbons (Fsp3) is 0.684. The second-order valence-electron chi connectivity index (χ2n) is 7.48. The van der Waals surface area contributed by atoms with Gasteiger partial charge in [-0.1, -0.05) is 30.3 Å². The maximum absolute atomic E-state index is 6.00. The molecule has 0 bridgehead atoms. The van der Waals surface area contributed by atoms with Crippen LogP contribution >= 0.6 is 0 Å². The normalized spacial score (nSPS) is 29.6. The fourth-order valence-electron chi connectivity index (χ4n) is 4.25. The lowest BCUT2D eigenvalue weighted by molar-refractivity contribution is -0.0851. The number of ether oxygens (including phenoxy) is 1. The molecule has 2 aliphatic heterocycles. The predicted octanol–water partition coefficient (Wildman–Crippen LogP) is 4.00. The van der Waals surface area contributed by atoms with E-state index in [2.05, 4.69) is 49.1 Å². The molecular weight excluding hydrogens is 258 g/mol. The van der Waals surface area contributed by atoms with Crippen LogP contribution in [0.2, 0.25) is 0 Å². The molecule has 1 aromatic rings. The van der Waals surface area contributed by atoms with Crippen molar-refractivity contribution in [3.8, 4) is 0 Å². The Morgan fingerprint density at radius 2 is 1.81 bits per heavy atom. The zero-order chi connectivity index (χ0) is 14.8. The first-order valence-electron chi connectivity index (χ1n) is 8.52. The molecule has 116 valence electrons. The minimum atomic E-state index is -0.000892. The minimum absolute atomic E-state index is 0.000892. The highest BCUT2D eigenvalue weighted by Gasteiger charge is 2.42. The Balaban J connectivity index is 1.80. The molecule has 1 aromatic carbocycles. The predicted molar refractivity (Wildman–Crippen MR) is 87.7 cm³/mol. The van der Waals surface area contributed by atoms with E-state index in [9.17, 15) is 0 Å². The summed E-state index contributed by atoms with van der Waals surface area (Å²) in [4.78, 5) is 2.65. The Morgan fingerprint density at radius 1 is 1.10 bits per heavy atom. The molecule has 1 unspecified atom stereocenters. The number of nitrogens with zero attached hydrogens (tertiary/aromatic N) is 1. The van der Waals surface area contributed by atoms with E-state index in [0.717, 1.165) is 19.4 Å². The highest BCUT2D eigenvalue weighted by atomic mass is 16.5. The van der Waals surface area contributed by atoms with E-state index in [-0.39, 0.29) is 5.60 Å². The summed E-state index contributed by atoms with van der Waals surface area (Å²) in [7, 11) is 0. The van der Waals surface area contributed by atoms with Gasteiger partial charge in [0.25, 0.3) is 0 Å². The monoisotopic (exact) mass is 287 g/mol. The molecule has 0 aliphatic carbocycles. The van der Waals surface area contributed by atoms with Crippen molar-refractivity contribution in [1.29, 1.82) is 0 Å². The Morgan fingerprint density at radius 3 is 2.48 bits per heavy atom. The van der Waals surface area contributed by atoms with Crippen molar-refractivity contribution in [3.63, 3.8) is 0 Å². The van der Waals surface area contributed by atoms with Gasteiger partial charge in [0.15, 0.2) is 0 Å². The van der Waals surface area contributed by atoms with Crippen molar-refractivity contribution in [2.75, 3.05) is 26.2 Å². The van der Waals surface area contributed by atoms with Gasteiger partial charge in [-0.15, -0.1) is 0 Å². The Bertz CT molecular complexity index is 450. The molecule has 1 atom stereocenters. The Labute approximate surface area is 129 Å². The number of benzene rings is 1. The largest absolute Gasteiger partial charge is 0.376 e.